The molecule has 0 saturated heterocycles. The monoisotopic (exact) mass is 390 g/mol. The molecule has 2 aromatic rings. The van der Waals surface area contributed by atoms with Crippen LogP contribution in [0.2, 0.25) is 5.02 Å². The standard InChI is InChI=1S/C19H23ClN4OS/c1-3-24(4-2)17-11-7-15(8-12-17)18(25)22-23-19(26)21-13-14-5-9-16(20)10-6-14/h5-12H,3-4,13H2,1-2H3,(H,22,25)(H2,21,23,26). The van der Waals surface area contributed by atoms with Gasteiger partial charge in [-0.1, -0.05) is 23.7 Å². The van der Waals surface area contributed by atoms with Gasteiger partial charge in [0, 0.05) is 35.9 Å². The molecular weight excluding hydrogens is 368 g/mol. The third-order valence-corrected chi connectivity index (χ3v) is 4.41. The first-order valence-electron chi connectivity index (χ1n) is 8.47. The molecule has 26 heavy (non-hydrogen) atoms. The van der Waals surface area contributed by atoms with Crippen LogP contribution in [0, 0.1) is 0 Å². The van der Waals surface area contributed by atoms with Gasteiger partial charge in [-0.05, 0) is 68.0 Å². The van der Waals surface area contributed by atoms with Crippen molar-refractivity contribution in [2.75, 3.05) is 18.0 Å². The maximum atomic E-state index is 12.2. The molecule has 2 aromatic carbocycles. The Hall–Kier alpha value is -2.31. The van der Waals surface area contributed by atoms with Crippen LogP contribution in [0.4, 0.5) is 5.69 Å². The molecule has 5 nitrogen and oxygen atoms in total. The van der Waals surface area contributed by atoms with Gasteiger partial charge in [0.25, 0.3) is 5.91 Å². The summed E-state index contributed by atoms with van der Waals surface area (Å²) >= 11 is 11.0. The summed E-state index contributed by atoms with van der Waals surface area (Å²) in [5.74, 6) is -0.244. The highest BCUT2D eigenvalue weighted by atomic mass is 35.5. The van der Waals surface area contributed by atoms with E-state index in [1.807, 2.05) is 36.4 Å². The summed E-state index contributed by atoms with van der Waals surface area (Å²) in [6.45, 7) is 6.60. The highest BCUT2D eigenvalue weighted by Gasteiger charge is 2.07. The summed E-state index contributed by atoms with van der Waals surface area (Å²) in [5, 5.41) is 4.05. The van der Waals surface area contributed by atoms with Gasteiger partial charge in [0.2, 0.25) is 0 Å². The lowest BCUT2D eigenvalue weighted by molar-refractivity contribution is 0.0943. The third-order valence-electron chi connectivity index (χ3n) is 3.91. The molecule has 0 aliphatic rings. The van der Waals surface area contributed by atoms with Gasteiger partial charge in [-0.15, -0.1) is 0 Å². The summed E-state index contributed by atoms with van der Waals surface area (Å²) in [6, 6.07) is 14.9. The van der Waals surface area contributed by atoms with E-state index in [-0.39, 0.29) is 5.91 Å². The number of thiocarbonyl (C=S) groups is 1. The van der Waals surface area contributed by atoms with E-state index in [4.69, 9.17) is 23.8 Å². The molecule has 0 radical (unpaired) electrons. The van der Waals surface area contributed by atoms with E-state index in [1.165, 1.54) is 0 Å². The van der Waals surface area contributed by atoms with Crippen molar-refractivity contribution in [2.45, 2.75) is 20.4 Å². The predicted molar refractivity (Wildman–Crippen MR) is 111 cm³/mol. The van der Waals surface area contributed by atoms with E-state index in [0.717, 1.165) is 24.3 Å². The van der Waals surface area contributed by atoms with E-state index in [1.54, 1.807) is 12.1 Å². The fraction of sp³-hybridized carbons (Fsp3) is 0.263. The van der Waals surface area contributed by atoms with Gasteiger partial charge < -0.3 is 10.2 Å². The number of hydrogen-bond acceptors (Lipinski definition) is 3. The van der Waals surface area contributed by atoms with Crippen molar-refractivity contribution >= 4 is 40.5 Å². The highest BCUT2D eigenvalue weighted by molar-refractivity contribution is 7.80. The lowest BCUT2D eigenvalue weighted by Crippen LogP contribution is -2.46. The smallest absolute Gasteiger partial charge is 0.269 e. The Morgan fingerprint density at radius 1 is 1.00 bits per heavy atom. The topological polar surface area (TPSA) is 56.4 Å². The molecule has 3 N–H and O–H groups in total. The Morgan fingerprint density at radius 2 is 1.62 bits per heavy atom. The van der Waals surface area contributed by atoms with Gasteiger partial charge in [0.15, 0.2) is 5.11 Å². The van der Waals surface area contributed by atoms with Crippen LogP contribution >= 0.6 is 23.8 Å². The minimum absolute atomic E-state index is 0.244. The molecule has 0 aliphatic carbocycles. The summed E-state index contributed by atoms with van der Waals surface area (Å²) < 4.78 is 0. The molecular formula is C19H23ClN4OS. The Labute approximate surface area is 164 Å². The average molecular weight is 391 g/mol. The lowest BCUT2D eigenvalue weighted by atomic mass is 10.2. The number of nitrogens with one attached hydrogen (secondary N) is 3. The summed E-state index contributed by atoms with van der Waals surface area (Å²) in [5.41, 5.74) is 8.00. The van der Waals surface area contributed by atoms with Crippen LogP contribution < -0.4 is 21.1 Å². The highest BCUT2D eigenvalue weighted by Crippen LogP contribution is 2.14. The molecule has 0 spiro atoms. The summed E-state index contributed by atoms with van der Waals surface area (Å²) in [7, 11) is 0. The first kappa shape index (κ1) is 20.0. The van der Waals surface area contributed by atoms with Crippen LogP contribution in [0.15, 0.2) is 48.5 Å². The first-order valence-corrected chi connectivity index (χ1v) is 9.25. The number of rotatable bonds is 6. The maximum Gasteiger partial charge on any atom is 0.269 e. The van der Waals surface area contributed by atoms with Crippen LogP contribution in [0.25, 0.3) is 0 Å². The second-order valence-electron chi connectivity index (χ2n) is 5.61. The Bertz CT molecular complexity index is 730. The zero-order valence-electron chi connectivity index (χ0n) is 14.9. The number of hydrogen-bond donors (Lipinski definition) is 3. The third kappa shape index (κ3) is 5.89. The normalized spacial score (nSPS) is 10.1. The van der Waals surface area contributed by atoms with Gasteiger partial charge in [0.1, 0.15) is 0 Å². The van der Waals surface area contributed by atoms with Gasteiger partial charge >= 0.3 is 0 Å². The molecule has 7 heteroatoms. The quantitative estimate of drug-likeness (QED) is 0.520. The molecule has 2 rings (SSSR count). The van der Waals surface area contributed by atoms with Crippen molar-refractivity contribution < 1.29 is 4.79 Å². The molecule has 0 bridgehead atoms. The molecule has 0 saturated carbocycles. The maximum absolute atomic E-state index is 12.2. The summed E-state index contributed by atoms with van der Waals surface area (Å²) in [6.07, 6.45) is 0. The van der Waals surface area contributed by atoms with Gasteiger partial charge in [-0.3, -0.25) is 15.6 Å². The molecule has 0 aromatic heterocycles. The molecule has 0 unspecified atom stereocenters. The molecule has 1 amide bonds. The zero-order valence-corrected chi connectivity index (χ0v) is 16.5. The van der Waals surface area contributed by atoms with Gasteiger partial charge in [-0.2, -0.15) is 0 Å². The van der Waals surface area contributed by atoms with Crippen LogP contribution in [0.5, 0.6) is 0 Å². The van der Waals surface area contributed by atoms with E-state index < -0.39 is 0 Å². The van der Waals surface area contributed by atoms with Gasteiger partial charge in [-0.25, -0.2) is 0 Å². The van der Waals surface area contributed by atoms with Crippen molar-refractivity contribution in [1.29, 1.82) is 0 Å². The van der Waals surface area contributed by atoms with Crippen molar-refractivity contribution in [3.8, 4) is 0 Å². The Morgan fingerprint density at radius 3 is 2.19 bits per heavy atom. The minimum Gasteiger partial charge on any atom is -0.372 e. The fourth-order valence-corrected chi connectivity index (χ4v) is 2.68. The Kier molecular flexibility index (Phi) is 7.69. The lowest BCUT2D eigenvalue weighted by Gasteiger charge is -2.21. The predicted octanol–water partition coefficient (Wildman–Crippen LogP) is 3.50. The van der Waals surface area contributed by atoms with E-state index >= 15 is 0 Å². The van der Waals surface area contributed by atoms with Crippen molar-refractivity contribution in [2.24, 2.45) is 0 Å². The SMILES string of the molecule is CCN(CC)c1ccc(C(=O)NNC(=S)NCc2ccc(Cl)cc2)cc1. The first-order chi connectivity index (χ1) is 12.5. The molecule has 0 heterocycles. The number of carbonyl (C=O) groups is 1. The number of benzene rings is 2. The molecule has 0 aliphatic heterocycles. The van der Waals surface area contributed by atoms with Crippen molar-refractivity contribution in [3.63, 3.8) is 0 Å². The number of carbonyl (C=O) groups excluding carboxylic acids is 1. The minimum atomic E-state index is -0.244. The second-order valence-corrected chi connectivity index (χ2v) is 6.45. The van der Waals surface area contributed by atoms with Crippen molar-refractivity contribution in [1.82, 2.24) is 16.2 Å². The van der Waals surface area contributed by atoms with E-state index in [2.05, 4.69) is 34.9 Å². The number of anilines is 1. The Balaban J connectivity index is 1.80. The molecule has 138 valence electrons. The largest absolute Gasteiger partial charge is 0.372 e. The van der Waals surface area contributed by atoms with E-state index in [0.29, 0.717) is 22.2 Å². The number of halogens is 1. The van der Waals surface area contributed by atoms with Crippen LogP contribution in [0.3, 0.4) is 0 Å². The number of hydrazine groups is 1. The van der Waals surface area contributed by atoms with Crippen LogP contribution in [-0.4, -0.2) is 24.1 Å². The fourth-order valence-electron chi connectivity index (χ4n) is 2.43. The van der Waals surface area contributed by atoms with Crippen LogP contribution in [-0.2, 0) is 6.54 Å². The zero-order chi connectivity index (χ0) is 18.9. The second kappa shape index (κ2) is 9.99. The van der Waals surface area contributed by atoms with E-state index in [9.17, 15) is 4.79 Å². The number of nitrogens with zero attached hydrogens (tertiary/aromatic N) is 1. The van der Waals surface area contributed by atoms with Crippen LogP contribution in [0.1, 0.15) is 29.8 Å². The molecule has 0 atom stereocenters. The van der Waals surface area contributed by atoms with Crippen molar-refractivity contribution in [3.05, 3.63) is 64.7 Å². The number of amides is 1. The van der Waals surface area contributed by atoms with Gasteiger partial charge in [0.05, 0.1) is 0 Å². The molecule has 0 fully saturated rings. The summed E-state index contributed by atoms with van der Waals surface area (Å²) in [4.78, 5) is 14.4. The average Bonchev–Trinajstić information content (AvgIpc) is 2.67.